The SMILES string of the molecule is NC(Cc1ccc(F)c(F)c1)c1ccccc1OC(F)F. The van der Waals surface area contributed by atoms with Gasteiger partial charge in [-0.05, 0) is 30.2 Å². The molecule has 2 rings (SSSR count). The van der Waals surface area contributed by atoms with E-state index in [-0.39, 0.29) is 12.2 Å². The summed E-state index contributed by atoms with van der Waals surface area (Å²) in [4.78, 5) is 0. The van der Waals surface area contributed by atoms with Crippen LogP contribution in [0.5, 0.6) is 5.75 Å². The Bertz CT molecular complexity index is 618. The molecule has 2 nitrogen and oxygen atoms in total. The molecule has 0 fully saturated rings. The van der Waals surface area contributed by atoms with Crippen molar-refractivity contribution in [3.63, 3.8) is 0 Å². The monoisotopic (exact) mass is 299 g/mol. The lowest BCUT2D eigenvalue weighted by Crippen LogP contribution is -2.16. The van der Waals surface area contributed by atoms with Gasteiger partial charge in [-0.15, -0.1) is 0 Å². The van der Waals surface area contributed by atoms with Crippen LogP contribution in [0.25, 0.3) is 0 Å². The van der Waals surface area contributed by atoms with Gasteiger partial charge in [0.25, 0.3) is 0 Å². The van der Waals surface area contributed by atoms with Gasteiger partial charge in [0.1, 0.15) is 5.75 Å². The van der Waals surface area contributed by atoms with Crippen LogP contribution in [0.3, 0.4) is 0 Å². The summed E-state index contributed by atoms with van der Waals surface area (Å²) in [6.07, 6.45) is 0.167. The number of alkyl halides is 2. The number of ether oxygens (including phenoxy) is 1. The van der Waals surface area contributed by atoms with Crippen molar-refractivity contribution in [2.75, 3.05) is 0 Å². The molecule has 0 amide bonds. The van der Waals surface area contributed by atoms with Crippen LogP contribution in [-0.4, -0.2) is 6.61 Å². The van der Waals surface area contributed by atoms with Gasteiger partial charge in [-0.25, -0.2) is 8.78 Å². The molecule has 0 aliphatic heterocycles. The minimum Gasteiger partial charge on any atom is -0.434 e. The zero-order chi connectivity index (χ0) is 15.4. The Morgan fingerprint density at radius 1 is 1.00 bits per heavy atom. The molecule has 0 aliphatic carbocycles. The summed E-state index contributed by atoms with van der Waals surface area (Å²) in [6, 6.07) is 8.88. The Morgan fingerprint density at radius 3 is 2.38 bits per heavy atom. The number of hydrogen-bond acceptors (Lipinski definition) is 2. The maximum atomic E-state index is 13.1. The van der Waals surface area contributed by atoms with E-state index >= 15 is 0 Å². The minimum absolute atomic E-state index is 0.0254. The van der Waals surface area contributed by atoms with Gasteiger partial charge in [-0.3, -0.25) is 0 Å². The summed E-state index contributed by atoms with van der Waals surface area (Å²) in [5, 5.41) is 0. The third-order valence-electron chi connectivity index (χ3n) is 2.97. The highest BCUT2D eigenvalue weighted by Crippen LogP contribution is 2.27. The smallest absolute Gasteiger partial charge is 0.387 e. The number of halogens is 4. The van der Waals surface area contributed by atoms with E-state index in [2.05, 4.69) is 4.74 Å². The average Bonchev–Trinajstić information content (AvgIpc) is 2.43. The van der Waals surface area contributed by atoms with E-state index < -0.39 is 24.3 Å². The second-order valence-electron chi connectivity index (χ2n) is 4.48. The zero-order valence-corrected chi connectivity index (χ0v) is 10.9. The molecule has 0 radical (unpaired) electrons. The highest BCUT2D eigenvalue weighted by Gasteiger charge is 2.16. The van der Waals surface area contributed by atoms with Crippen LogP contribution in [0.2, 0.25) is 0 Å². The van der Waals surface area contributed by atoms with Crippen LogP contribution in [0, 0.1) is 11.6 Å². The van der Waals surface area contributed by atoms with E-state index in [4.69, 9.17) is 5.73 Å². The highest BCUT2D eigenvalue weighted by molar-refractivity contribution is 5.37. The molecule has 112 valence electrons. The first-order valence-corrected chi connectivity index (χ1v) is 6.20. The lowest BCUT2D eigenvalue weighted by molar-refractivity contribution is -0.0506. The maximum absolute atomic E-state index is 13.1. The molecule has 0 saturated carbocycles. The molecule has 1 atom stereocenters. The molecule has 0 aromatic heterocycles. The van der Waals surface area contributed by atoms with Crippen molar-refractivity contribution >= 4 is 0 Å². The van der Waals surface area contributed by atoms with Crippen LogP contribution in [0.15, 0.2) is 42.5 Å². The summed E-state index contributed by atoms with van der Waals surface area (Å²) in [5.41, 5.74) is 6.79. The van der Waals surface area contributed by atoms with Gasteiger partial charge in [0.15, 0.2) is 11.6 Å². The lowest BCUT2D eigenvalue weighted by atomic mass is 9.99. The number of nitrogens with two attached hydrogens (primary N) is 1. The van der Waals surface area contributed by atoms with Gasteiger partial charge in [0.05, 0.1) is 0 Å². The van der Waals surface area contributed by atoms with Gasteiger partial charge < -0.3 is 10.5 Å². The van der Waals surface area contributed by atoms with Crippen molar-refractivity contribution in [3.05, 3.63) is 65.2 Å². The average molecular weight is 299 g/mol. The quantitative estimate of drug-likeness (QED) is 0.852. The Balaban J connectivity index is 2.19. The summed E-state index contributed by atoms with van der Waals surface area (Å²) >= 11 is 0. The standard InChI is InChI=1S/C15H13F4NO/c16-11-6-5-9(7-12(11)17)8-13(20)10-3-1-2-4-14(10)21-15(18)19/h1-7,13,15H,8,20H2. The number of para-hydroxylation sites is 1. The molecule has 6 heteroatoms. The summed E-state index contributed by atoms with van der Waals surface area (Å²) in [6.45, 7) is -2.96. The topological polar surface area (TPSA) is 35.2 Å². The molecule has 0 bridgehead atoms. The first-order chi connectivity index (χ1) is 9.97. The van der Waals surface area contributed by atoms with Gasteiger partial charge in [-0.1, -0.05) is 24.3 Å². The third-order valence-corrected chi connectivity index (χ3v) is 2.97. The molecule has 21 heavy (non-hydrogen) atoms. The molecular weight excluding hydrogens is 286 g/mol. The summed E-state index contributed by atoms with van der Waals surface area (Å²) in [5.74, 6) is -1.95. The van der Waals surface area contributed by atoms with E-state index in [9.17, 15) is 17.6 Å². The van der Waals surface area contributed by atoms with Crippen molar-refractivity contribution in [2.24, 2.45) is 5.73 Å². The molecule has 2 aromatic carbocycles. The predicted molar refractivity (Wildman–Crippen MR) is 70.1 cm³/mol. The third kappa shape index (κ3) is 3.95. The molecule has 0 spiro atoms. The van der Waals surface area contributed by atoms with E-state index in [0.29, 0.717) is 11.1 Å². The lowest BCUT2D eigenvalue weighted by Gasteiger charge is -2.16. The largest absolute Gasteiger partial charge is 0.434 e. The van der Waals surface area contributed by atoms with Gasteiger partial charge >= 0.3 is 6.61 Å². The maximum Gasteiger partial charge on any atom is 0.387 e. The van der Waals surface area contributed by atoms with Crippen molar-refractivity contribution in [3.8, 4) is 5.75 Å². The van der Waals surface area contributed by atoms with Crippen LogP contribution in [0.4, 0.5) is 17.6 Å². The number of rotatable bonds is 5. The van der Waals surface area contributed by atoms with Crippen LogP contribution in [0.1, 0.15) is 17.2 Å². The normalized spacial score (nSPS) is 12.5. The van der Waals surface area contributed by atoms with Crippen LogP contribution >= 0.6 is 0 Å². The fourth-order valence-corrected chi connectivity index (χ4v) is 2.02. The Morgan fingerprint density at radius 2 is 1.71 bits per heavy atom. The Labute approximate surface area is 119 Å². The van der Waals surface area contributed by atoms with Crippen LogP contribution < -0.4 is 10.5 Å². The van der Waals surface area contributed by atoms with Crippen molar-refractivity contribution < 1.29 is 22.3 Å². The summed E-state index contributed by atoms with van der Waals surface area (Å²) < 4.78 is 55.1. The second kappa shape index (κ2) is 6.58. The van der Waals surface area contributed by atoms with Crippen LogP contribution in [-0.2, 0) is 6.42 Å². The molecule has 1 unspecified atom stereocenters. The summed E-state index contributed by atoms with van der Waals surface area (Å²) in [7, 11) is 0. The Hall–Kier alpha value is -2.08. The minimum atomic E-state index is -2.96. The van der Waals surface area contributed by atoms with E-state index in [1.807, 2.05) is 0 Å². The van der Waals surface area contributed by atoms with Crippen molar-refractivity contribution in [2.45, 2.75) is 19.1 Å². The second-order valence-corrected chi connectivity index (χ2v) is 4.48. The fourth-order valence-electron chi connectivity index (χ4n) is 2.02. The van der Waals surface area contributed by atoms with Gasteiger partial charge in [0, 0.05) is 11.6 Å². The Kier molecular flexibility index (Phi) is 4.80. The zero-order valence-electron chi connectivity index (χ0n) is 10.9. The number of hydrogen-bond donors (Lipinski definition) is 1. The molecule has 2 aromatic rings. The van der Waals surface area contributed by atoms with Gasteiger partial charge in [-0.2, -0.15) is 8.78 Å². The first kappa shape index (κ1) is 15.3. The molecular formula is C15H13F4NO. The van der Waals surface area contributed by atoms with E-state index in [1.54, 1.807) is 18.2 Å². The van der Waals surface area contributed by atoms with E-state index in [1.165, 1.54) is 12.1 Å². The first-order valence-electron chi connectivity index (χ1n) is 6.20. The molecule has 0 aliphatic rings. The van der Waals surface area contributed by atoms with E-state index in [0.717, 1.165) is 12.1 Å². The molecule has 0 saturated heterocycles. The van der Waals surface area contributed by atoms with Crippen molar-refractivity contribution in [1.82, 2.24) is 0 Å². The molecule has 0 heterocycles. The fraction of sp³-hybridized carbons (Fsp3) is 0.200. The van der Waals surface area contributed by atoms with Gasteiger partial charge in [0.2, 0.25) is 0 Å². The number of benzene rings is 2. The highest BCUT2D eigenvalue weighted by atomic mass is 19.3. The predicted octanol–water partition coefficient (Wildman–Crippen LogP) is 3.81. The van der Waals surface area contributed by atoms with Crippen molar-refractivity contribution in [1.29, 1.82) is 0 Å². The molecule has 2 N–H and O–H groups in total.